The van der Waals surface area contributed by atoms with Crippen molar-refractivity contribution in [3.8, 4) is 11.4 Å². The van der Waals surface area contributed by atoms with E-state index in [0.717, 1.165) is 26.1 Å². The zero-order valence-electron chi connectivity index (χ0n) is 11.0. The Kier molecular flexibility index (Phi) is 3.60. The summed E-state index contributed by atoms with van der Waals surface area (Å²) in [5.41, 5.74) is 6.88. The van der Waals surface area contributed by atoms with Crippen LogP contribution < -0.4 is 5.73 Å². The lowest BCUT2D eigenvalue weighted by Crippen LogP contribution is -2.21. The van der Waals surface area contributed by atoms with Gasteiger partial charge in [-0.2, -0.15) is 0 Å². The van der Waals surface area contributed by atoms with Gasteiger partial charge in [0.15, 0.2) is 5.82 Å². The van der Waals surface area contributed by atoms with Crippen LogP contribution in [-0.2, 0) is 11.3 Å². The van der Waals surface area contributed by atoms with E-state index in [1.165, 1.54) is 18.2 Å². The van der Waals surface area contributed by atoms with Crippen molar-refractivity contribution in [2.75, 3.05) is 18.9 Å². The first-order chi connectivity index (χ1) is 9.74. The van der Waals surface area contributed by atoms with Crippen LogP contribution in [0.15, 0.2) is 18.2 Å². The number of hydrogen-bond donors (Lipinski definition) is 1. The number of nitrogens with two attached hydrogens (primary N) is 1. The number of anilines is 1. The van der Waals surface area contributed by atoms with Gasteiger partial charge < -0.3 is 10.5 Å². The predicted octanol–water partition coefficient (Wildman–Crippen LogP) is 1.49. The maximum Gasteiger partial charge on any atom is 0.184 e. The monoisotopic (exact) mass is 277 g/mol. The standard InChI is InChI=1S/C13H16FN5O/c14-10-1-2-12(15)11(7-10)13-16-17-18-19(13)8-9-3-5-20-6-4-9/h1-2,7,9H,3-6,8,15H2. The van der Waals surface area contributed by atoms with E-state index in [1.807, 2.05) is 0 Å². The molecule has 1 fully saturated rings. The van der Waals surface area contributed by atoms with Crippen LogP contribution in [0.1, 0.15) is 12.8 Å². The molecule has 1 aliphatic heterocycles. The SMILES string of the molecule is Nc1ccc(F)cc1-c1nnnn1CC1CCOCC1. The van der Waals surface area contributed by atoms with E-state index >= 15 is 0 Å². The minimum atomic E-state index is -0.352. The Bertz CT molecular complexity index is 594. The molecule has 0 atom stereocenters. The molecule has 0 radical (unpaired) electrons. The highest BCUT2D eigenvalue weighted by molar-refractivity contribution is 5.71. The molecule has 0 saturated carbocycles. The number of rotatable bonds is 3. The lowest BCUT2D eigenvalue weighted by atomic mass is 10.0. The Morgan fingerprint density at radius 1 is 1.35 bits per heavy atom. The largest absolute Gasteiger partial charge is 0.398 e. The van der Waals surface area contributed by atoms with E-state index in [1.54, 1.807) is 4.68 Å². The van der Waals surface area contributed by atoms with Crippen LogP contribution in [0.25, 0.3) is 11.4 Å². The quantitative estimate of drug-likeness (QED) is 0.860. The molecule has 2 N–H and O–H groups in total. The summed E-state index contributed by atoms with van der Waals surface area (Å²) in [5, 5.41) is 11.7. The number of nitrogen functional groups attached to an aromatic ring is 1. The van der Waals surface area contributed by atoms with Gasteiger partial charge in [0.05, 0.1) is 0 Å². The number of halogens is 1. The lowest BCUT2D eigenvalue weighted by Gasteiger charge is -2.22. The molecule has 1 aliphatic rings. The van der Waals surface area contributed by atoms with Crippen molar-refractivity contribution in [2.24, 2.45) is 5.92 Å². The van der Waals surface area contributed by atoms with Gasteiger partial charge in [-0.3, -0.25) is 0 Å². The molecule has 1 aromatic heterocycles. The summed E-state index contributed by atoms with van der Waals surface area (Å²) < 4.78 is 20.4. The van der Waals surface area contributed by atoms with Gasteiger partial charge in [-0.25, -0.2) is 9.07 Å². The van der Waals surface area contributed by atoms with Gasteiger partial charge in [-0.15, -0.1) is 5.10 Å². The van der Waals surface area contributed by atoms with Crippen molar-refractivity contribution < 1.29 is 9.13 Å². The van der Waals surface area contributed by atoms with Gasteiger partial charge >= 0.3 is 0 Å². The van der Waals surface area contributed by atoms with E-state index in [0.29, 0.717) is 29.5 Å². The fourth-order valence-electron chi connectivity index (χ4n) is 2.42. The molecule has 0 spiro atoms. The van der Waals surface area contributed by atoms with Crippen LogP contribution in [0.4, 0.5) is 10.1 Å². The molecule has 1 aromatic carbocycles. The van der Waals surface area contributed by atoms with Gasteiger partial charge in [0, 0.05) is 31.0 Å². The Morgan fingerprint density at radius 3 is 2.95 bits per heavy atom. The van der Waals surface area contributed by atoms with E-state index < -0.39 is 0 Å². The zero-order valence-corrected chi connectivity index (χ0v) is 11.0. The second kappa shape index (κ2) is 5.54. The lowest BCUT2D eigenvalue weighted by molar-refractivity contribution is 0.0601. The predicted molar refractivity (Wildman–Crippen MR) is 71.2 cm³/mol. The summed E-state index contributed by atoms with van der Waals surface area (Å²) in [7, 11) is 0. The van der Waals surface area contributed by atoms with E-state index in [-0.39, 0.29) is 5.82 Å². The summed E-state index contributed by atoms with van der Waals surface area (Å²) in [6.45, 7) is 2.23. The fraction of sp³-hybridized carbons (Fsp3) is 0.462. The third-order valence-electron chi connectivity index (χ3n) is 3.56. The molecule has 2 heterocycles. The van der Waals surface area contributed by atoms with Crippen LogP contribution in [-0.4, -0.2) is 33.4 Å². The van der Waals surface area contributed by atoms with Gasteiger partial charge in [0.1, 0.15) is 5.82 Å². The maximum absolute atomic E-state index is 13.4. The first-order valence-electron chi connectivity index (χ1n) is 6.63. The number of tetrazole rings is 1. The molecule has 0 amide bonds. The summed E-state index contributed by atoms with van der Waals surface area (Å²) >= 11 is 0. The third-order valence-corrected chi connectivity index (χ3v) is 3.56. The van der Waals surface area contributed by atoms with Gasteiger partial charge in [-0.1, -0.05) is 0 Å². The number of nitrogens with zero attached hydrogens (tertiary/aromatic N) is 4. The Hall–Kier alpha value is -2.02. The Morgan fingerprint density at radius 2 is 2.15 bits per heavy atom. The van der Waals surface area contributed by atoms with Crippen LogP contribution in [0, 0.1) is 11.7 Å². The molecule has 3 rings (SSSR count). The normalized spacial score (nSPS) is 16.4. The third kappa shape index (κ3) is 2.62. The van der Waals surface area contributed by atoms with Crippen molar-refractivity contribution in [1.82, 2.24) is 20.2 Å². The molecule has 1 saturated heterocycles. The van der Waals surface area contributed by atoms with Crippen LogP contribution in [0.2, 0.25) is 0 Å². The molecular formula is C13H16FN5O. The first kappa shape index (κ1) is 13.0. The van der Waals surface area contributed by atoms with Crippen LogP contribution >= 0.6 is 0 Å². The molecule has 0 unspecified atom stereocenters. The zero-order chi connectivity index (χ0) is 13.9. The highest BCUT2D eigenvalue weighted by Gasteiger charge is 2.19. The van der Waals surface area contributed by atoms with Crippen molar-refractivity contribution in [1.29, 1.82) is 0 Å². The second-order valence-electron chi connectivity index (χ2n) is 4.97. The first-order valence-corrected chi connectivity index (χ1v) is 6.63. The average Bonchev–Trinajstić information content (AvgIpc) is 2.91. The Labute approximate surface area is 115 Å². The van der Waals surface area contributed by atoms with E-state index in [4.69, 9.17) is 10.5 Å². The summed E-state index contributed by atoms with van der Waals surface area (Å²) in [6.07, 6.45) is 1.97. The highest BCUT2D eigenvalue weighted by atomic mass is 19.1. The highest BCUT2D eigenvalue weighted by Crippen LogP contribution is 2.26. The van der Waals surface area contributed by atoms with Crippen molar-refractivity contribution in [3.63, 3.8) is 0 Å². The average molecular weight is 277 g/mol. The van der Waals surface area contributed by atoms with Gasteiger partial charge in [0.25, 0.3) is 0 Å². The number of benzene rings is 1. The van der Waals surface area contributed by atoms with Crippen molar-refractivity contribution in [3.05, 3.63) is 24.0 Å². The molecule has 0 bridgehead atoms. The molecule has 2 aromatic rings. The number of ether oxygens (including phenoxy) is 1. The molecule has 6 nitrogen and oxygen atoms in total. The van der Waals surface area contributed by atoms with E-state index in [9.17, 15) is 4.39 Å². The smallest absolute Gasteiger partial charge is 0.184 e. The summed E-state index contributed by atoms with van der Waals surface area (Å²) in [5.74, 6) is 0.629. The minimum absolute atomic E-state index is 0.352. The molecular weight excluding hydrogens is 261 g/mol. The van der Waals surface area contributed by atoms with Gasteiger partial charge in [-0.05, 0) is 47.4 Å². The second-order valence-corrected chi connectivity index (χ2v) is 4.97. The molecule has 0 aliphatic carbocycles. The molecule has 20 heavy (non-hydrogen) atoms. The van der Waals surface area contributed by atoms with E-state index in [2.05, 4.69) is 15.5 Å². The van der Waals surface area contributed by atoms with Crippen molar-refractivity contribution in [2.45, 2.75) is 19.4 Å². The maximum atomic E-state index is 13.4. The van der Waals surface area contributed by atoms with Gasteiger partial charge in [0.2, 0.25) is 0 Å². The molecule has 7 heteroatoms. The number of aromatic nitrogens is 4. The fourth-order valence-corrected chi connectivity index (χ4v) is 2.42. The summed E-state index contributed by atoms with van der Waals surface area (Å²) in [6, 6.07) is 4.21. The topological polar surface area (TPSA) is 78.9 Å². The summed E-state index contributed by atoms with van der Waals surface area (Å²) in [4.78, 5) is 0. The van der Waals surface area contributed by atoms with Crippen molar-refractivity contribution >= 4 is 5.69 Å². The molecule has 106 valence electrons. The minimum Gasteiger partial charge on any atom is -0.398 e. The number of hydrogen-bond acceptors (Lipinski definition) is 5. The van der Waals surface area contributed by atoms with Crippen LogP contribution in [0.3, 0.4) is 0 Å². The Balaban J connectivity index is 1.87. The van der Waals surface area contributed by atoms with Crippen LogP contribution in [0.5, 0.6) is 0 Å².